The van der Waals surface area contributed by atoms with E-state index < -0.39 is 0 Å². The third-order valence-electron chi connectivity index (χ3n) is 3.87. The van der Waals surface area contributed by atoms with Gasteiger partial charge in [-0.2, -0.15) is 0 Å². The van der Waals surface area contributed by atoms with Crippen molar-refractivity contribution >= 4 is 17.6 Å². The highest BCUT2D eigenvalue weighted by atomic mass is 35.5. The van der Waals surface area contributed by atoms with Gasteiger partial charge in [0.05, 0.1) is 6.10 Å². The van der Waals surface area contributed by atoms with Gasteiger partial charge in [0.2, 0.25) is 0 Å². The first-order valence-electron chi connectivity index (χ1n) is 8.08. The van der Waals surface area contributed by atoms with Crippen molar-refractivity contribution in [1.29, 1.82) is 0 Å². The smallest absolute Gasteiger partial charge is 0.191 e. The summed E-state index contributed by atoms with van der Waals surface area (Å²) in [5, 5.41) is 7.36. The number of benzene rings is 1. The normalized spacial score (nSPS) is 16.0. The molecule has 122 valence electrons. The van der Waals surface area contributed by atoms with E-state index >= 15 is 0 Å². The van der Waals surface area contributed by atoms with Crippen molar-refractivity contribution in [1.82, 2.24) is 10.6 Å². The fourth-order valence-corrected chi connectivity index (χ4v) is 2.72. The number of guanidine groups is 1. The predicted octanol–water partition coefficient (Wildman–Crippen LogP) is 3.35. The van der Waals surface area contributed by atoms with Crippen LogP contribution in [0.2, 0.25) is 5.02 Å². The minimum absolute atomic E-state index is 0.502. The van der Waals surface area contributed by atoms with Crippen LogP contribution in [0.25, 0.3) is 0 Å². The zero-order chi connectivity index (χ0) is 15.6. The number of halogens is 1. The van der Waals surface area contributed by atoms with Gasteiger partial charge in [0.1, 0.15) is 0 Å². The molecule has 22 heavy (non-hydrogen) atoms. The van der Waals surface area contributed by atoms with Crippen molar-refractivity contribution in [3.8, 4) is 0 Å². The van der Waals surface area contributed by atoms with Crippen LogP contribution in [0.15, 0.2) is 29.3 Å². The molecule has 0 atom stereocenters. The molecule has 0 saturated heterocycles. The van der Waals surface area contributed by atoms with Crippen LogP contribution in [0, 0.1) is 0 Å². The third kappa shape index (κ3) is 6.24. The summed E-state index contributed by atoms with van der Waals surface area (Å²) < 4.78 is 5.85. The molecule has 0 spiro atoms. The van der Waals surface area contributed by atoms with Crippen LogP contribution >= 0.6 is 11.6 Å². The molecule has 1 fully saturated rings. The Labute approximate surface area is 138 Å². The van der Waals surface area contributed by atoms with Gasteiger partial charge in [-0.1, -0.05) is 36.6 Å². The lowest BCUT2D eigenvalue weighted by Crippen LogP contribution is -2.37. The molecule has 2 rings (SSSR count). The second-order valence-corrected chi connectivity index (χ2v) is 6.05. The zero-order valence-corrected chi connectivity index (χ0v) is 14.0. The van der Waals surface area contributed by atoms with E-state index in [0.29, 0.717) is 6.10 Å². The maximum Gasteiger partial charge on any atom is 0.191 e. The van der Waals surface area contributed by atoms with Crippen LogP contribution in [-0.2, 0) is 11.3 Å². The summed E-state index contributed by atoms with van der Waals surface area (Å²) in [4.78, 5) is 4.22. The number of hydrogen-bond donors (Lipinski definition) is 2. The minimum Gasteiger partial charge on any atom is -0.378 e. The van der Waals surface area contributed by atoms with E-state index in [1.165, 1.54) is 31.2 Å². The van der Waals surface area contributed by atoms with Crippen LogP contribution in [0.5, 0.6) is 0 Å². The molecular weight excluding hydrogens is 298 g/mol. The summed E-state index contributed by atoms with van der Waals surface area (Å²) in [5.74, 6) is 0.816. The molecular formula is C17H26ClN3O. The summed E-state index contributed by atoms with van der Waals surface area (Å²) in [7, 11) is 1.78. The highest BCUT2D eigenvalue weighted by Gasteiger charge is 2.14. The minimum atomic E-state index is 0.502. The molecule has 0 aliphatic heterocycles. The maximum absolute atomic E-state index is 5.88. The predicted molar refractivity (Wildman–Crippen MR) is 92.5 cm³/mol. The van der Waals surface area contributed by atoms with Gasteiger partial charge in [-0.3, -0.25) is 4.99 Å². The van der Waals surface area contributed by atoms with Crippen molar-refractivity contribution in [2.45, 2.75) is 44.8 Å². The zero-order valence-electron chi connectivity index (χ0n) is 13.3. The molecule has 1 aromatic rings. The maximum atomic E-state index is 5.88. The van der Waals surface area contributed by atoms with Crippen molar-refractivity contribution in [2.75, 3.05) is 20.2 Å². The number of nitrogens with one attached hydrogen (secondary N) is 2. The number of ether oxygens (including phenoxy) is 1. The molecule has 1 aliphatic carbocycles. The first-order valence-corrected chi connectivity index (χ1v) is 8.46. The van der Waals surface area contributed by atoms with Crippen LogP contribution in [0.1, 0.15) is 37.7 Å². The summed E-state index contributed by atoms with van der Waals surface area (Å²) in [6.45, 7) is 2.42. The fourth-order valence-electron chi connectivity index (χ4n) is 2.59. The Bertz CT molecular complexity index is 455. The van der Waals surface area contributed by atoms with Crippen LogP contribution in [0.4, 0.5) is 0 Å². The van der Waals surface area contributed by atoms with Gasteiger partial charge in [-0.15, -0.1) is 0 Å². The molecule has 0 aromatic heterocycles. The average molecular weight is 324 g/mol. The van der Waals surface area contributed by atoms with Gasteiger partial charge < -0.3 is 15.4 Å². The molecule has 0 radical (unpaired) electrons. The van der Waals surface area contributed by atoms with E-state index in [1.54, 1.807) is 7.05 Å². The quantitative estimate of drug-likeness (QED) is 0.459. The van der Waals surface area contributed by atoms with Crippen molar-refractivity contribution in [3.63, 3.8) is 0 Å². The Kier molecular flexibility index (Phi) is 7.54. The molecule has 2 N–H and O–H groups in total. The summed E-state index contributed by atoms with van der Waals surface area (Å²) in [6, 6.07) is 7.82. The van der Waals surface area contributed by atoms with E-state index in [2.05, 4.69) is 15.6 Å². The van der Waals surface area contributed by atoms with Crippen molar-refractivity contribution in [2.24, 2.45) is 4.99 Å². The summed E-state index contributed by atoms with van der Waals surface area (Å²) >= 11 is 5.88. The number of rotatable bonds is 7. The van der Waals surface area contributed by atoms with Gasteiger partial charge in [0.25, 0.3) is 0 Å². The van der Waals surface area contributed by atoms with Gasteiger partial charge >= 0.3 is 0 Å². The lowest BCUT2D eigenvalue weighted by atomic mass is 10.2. The Morgan fingerprint density at radius 2 is 1.95 bits per heavy atom. The van der Waals surface area contributed by atoms with Crippen LogP contribution < -0.4 is 10.6 Å². The Hall–Kier alpha value is -1.26. The molecule has 1 aliphatic rings. The molecule has 5 heteroatoms. The molecule has 1 saturated carbocycles. The Balaban J connectivity index is 1.57. The first-order chi connectivity index (χ1) is 10.8. The highest BCUT2D eigenvalue weighted by molar-refractivity contribution is 6.30. The van der Waals surface area contributed by atoms with E-state index in [0.717, 1.165) is 37.1 Å². The van der Waals surface area contributed by atoms with Crippen LogP contribution in [-0.4, -0.2) is 32.3 Å². The number of hydrogen-bond acceptors (Lipinski definition) is 2. The third-order valence-corrected chi connectivity index (χ3v) is 4.12. The van der Waals surface area contributed by atoms with Gasteiger partial charge in [0, 0.05) is 31.8 Å². The van der Waals surface area contributed by atoms with Crippen molar-refractivity contribution < 1.29 is 4.74 Å². The monoisotopic (exact) mass is 323 g/mol. The highest BCUT2D eigenvalue weighted by Crippen LogP contribution is 2.20. The first kappa shape index (κ1) is 17.1. The van der Waals surface area contributed by atoms with E-state index in [-0.39, 0.29) is 0 Å². The van der Waals surface area contributed by atoms with Crippen molar-refractivity contribution in [3.05, 3.63) is 34.9 Å². The van der Waals surface area contributed by atoms with Gasteiger partial charge in [-0.25, -0.2) is 0 Å². The SMILES string of the molecule is CN=C(NCCCOC1CCCC1)NCc1ccc(Cl)cc1. The average Bonchev–Trinajstić information content (AvgIpc) is 3.05. The Morgan fingerprint density at radius 1 is 1.23 bits per heavy atom. The molecule has 0 heterocycles. The molecule has 0 bridgehead atoms. The summed E-state index contributed by atoms with van der Waals surface area (Å²) in [6.07, 6.45) is 6.62. The van der Waals surface area contributed by atoms with E-state index in [4.69, 9.17) is 16.3 Å². The largest absolute Gasteiger partial charge is 0.378 e. The second kappa shape index (κ2) is 9.70. The van der Waals surface area contributed by atoms with E-state index in [9.17, 15) is 0 Å². The van der Waals surface area contributed by atoms with Crippen LogP contribution in [0.3, 0.4) is 0 Å². The lowest BCUT2D eigenvalue weighted by molar-refractivity contribution is 0.0574. The molecule has 1 aromatic carbocycles. The lowest BCUT2D eigenvalue weighted by Gasteiger charge is -2.13. The Morgan fingerprint density at radius 3 is 2.64 bits per heavy atom. The molecule has 0 amide bonds. The summed E-state index contributed by atoms with van der Waals surface area (Å²) in [5.41, 5.74) is 1.18. The van der Waals surface area contributed by atoms with Gasteiger partial charge in [0.15, 0.2) is 5.96 Å². The topological polar surface area (TPSA) is 45.7 Å². The molecule has 0 unspecified atom stereocenters. The number of aliphatic imine (C=N–C) groups is 1. The van der Waals surface area contributed by atoms with E-state index in [1.807, 2.05) is 24.3 Å². The molecule has 4 nitrogen and oxygen atoms in total. The standard InChI is InChI=1S/C17H26ClN3O/c1-19-17(21-13-14-7-9-15(18)10-8-14)20-11-4-12-22-16-5-2-3-6-16/h7-10,16H,2-6,11-13H2,1H3,(H2,19,20,21). The fraction of sp³-hybridized carbons (Fsp3) is 0.588. The van der Waals surface area contributed by atoms with Gasteiger partial charge in [-0.05, 0) is 37.0 Å². The second-order valence-electron chi connectivity index (χ2n) is 5.61. The number of nitrogens with zero attached hydrogens (tertiary/aromatic N) is 1.